The van der Waals surface area contributed by atoms with Crippen molar-refractivity contribution in [1.82, 2.24) is 20.1 Å². The van der Waals surface area contributed by atoms with Gasteiger partial charge in [0.1, 0.15) is 0 Å². The SMILES string of the molecule is CC(C)C(c1nc(-c2ncc[nH]2)no1)C(C)O. The van der Waals surface area contributed by atoms with Crippen LogP contribution in [0.15, 0.2) is 16.9 Å². The van der Waals surface area contributed by atoms with Crippen LogP contribution in [-0.2, 0) is 0 Å². The van der Waals surface area contributed by atoms with Crippen LogP contribution in [0.25, 0.3) is 11.6 Å². The van der Waals surface area contributed by atoms with Crippen LogP contribution in [0.2, 0.25) is 0 Å². The summed E-state index contributed by atoms with van der Waals surface area (Å²) in [4.78, 5) is 11.2. The Morgan fingerprint density at radius 3 is 2.65 bits per heavy atom. The van der Waals surface area contributed by atoms with Gasteiger partial charge in [-0.15, -0.1) is 0 Å². The van der Waals surface area contributed by atoms with Crippen molar-refractivity contribution in [3.63, 3.8) is 0 Å². The second-order valence-electron chi connectivity index (χ2n) is 4.40. The Labute approximate surface area is 99.1 Å². The third-order valence-corrected chi connectivity index (χ3v) is 2.67. The maximum atomic E-state index is 9.72. The van der Waals surface area contributed by atoms with Crippen molar-refractivity contribution >= 4 is 0 Å². The van der Waals surface area contributed by atoms with Crippen molar-refractivity contribution < 1.29 is 9.63 Å². The first kappa shape index (κ1) is 11.8. The van der Waals surface area contributed by atoms with Crippen LogP contribution in [0, 0.1) is 5.92 Å². The number of rotatable bonds is 4. The number of nitrogens with zero attached hydrogens (tertiary/aromatic N) is 3. The summed E-state index contributed by atoms with van der Waals surface area (Å²) in [7, 11) is 0. The van der Waals surface area contributed by atoms with Gasteiger partial charge in [0.25, 0.3) is 0 Å². The molecule has 0 aliphatic carbocycles. The number of imidazole rings is 1. The van der Waals surface area contributed by atoms with Gasteiger partial charge < -0.3 is 14.6 Å². The van der Waals surface area contributed by atoms with E-state index in [-0.39, 0.29) is 11.8 Å². The molecule has 17 heavy (non-hydrogen) atoms. The fraction of sp³-hybridized carbons (Fsp3) is 0.545. The van der Waals surface area contributed by atoms with E-state index in [0.29, 0.717) is 17.5 Å². The second-order valence-corrected chi connectivity index (χ2v) is 4.40. The molecule has 0 spiro atoms. The van der Waals surface area contributed by atoms with Gasteiger partial charge in [-0.2, -0.15) is 4.98 Å². The van der Waals surface area contributed by atoms with Crippen LogP contribution in [0.5, 0.6) is 0 Å². The average molecular weight is 236 g/mol. The molecule has 6 nitrogen and oxygen atoms in total. The molecule has 6 heteroatoms. The van der Waals surface area contributed by atoms with E-state index >= 15 is 0 Å². The summed E-state index contributed by atoms with van der Waals surface area (Å²) >= 11 is 0. The Morgan fingerprint density at radius 1 is 1.35 bits per heavy atom. The van der Waals surface area contributed by atoms with E-state index in [0.717, 1.165) is 0 Å². The predicted molar refractivity (Wildman–Crippen MR) is 61.1 cm³/mol. The number of aromatic nitrogens is 4. The second kappa shape index (κ2) is 4.67. The Hall–Kier alpha value is -1.69. The molecule has 2 atom stereocenters. The van der Waals surface area contributed by atoms with Crippen molar-refractivity contribution in [3.05, 3.63) is 18.3 Å². The van der Waals surface area contributed by atoms with Crippen molar-refractivity contribution in [1.29, 1.82) is 0 Å². The number of hydrogen-bond donors (Lipinski definition) is 2. The molecular weight excluding hydrogens is 220 g/mol. The van der Waals surface area contributed by atoms with Gasteiger partial charge in [0.15, 0.2) is 5.82 Å². The topological polar surface area (TPSA) is 87.8 Å². The van der Waals surface area contributed by atoms with Gasteiger partial charge >= 0.3 is 0 Å². The predicted octanol–water partition coefficient (Wildman–Crippen LogP) is 1.58. The third-order valence-electron chi connectivity index (χ3n) is 2.67. The van der Waals surface area contributed by atoms with Crippen LogP contribution in [-0.4, -0.2) is 31.3 Å². The zero-order valence-electron chi connectivity index (χ0n) is 10.1. The Kier molecular flexibility index (Phi) is 3.23. The minimum Gasteiger partial charge on any atom is -0.393 e. The molecule has 0 amide bonds. The summed E-state index contributed by atoms with van der Waals surface area (Å²) in [5.74, 6) is 1.48. The number of aromatic amines is 1. The van der Waals surface area contributed by atoms with Crippen LogP contribution in [0.4, 0.5) is 0 Å². The molecule has 92 valence electrons. The molecule has 0 radical (unpaired) electrons. The van der Waals surface area contributed by atoms with Gasteiger partial charge in [0.05, 0.1) is 12.0 Å². The normalized spacial score (nSPS) is 15.1. The molecule has 0 saturated carbocycles. The molecular formula is C11H16N4O2. The van der Waals surface area contributed by atoms with Crippen molar-refractivity contribution in [2.45, 2.75) is 32.8 Å². The van der Waals surface area contributed by atoms with E-state index in [1.165, 1.54) is 0 Å². The lowest BCUT2D eigenvalue weighted by atomic mass is 9.91. The average Bonchev–Trinajstić information content (AvgIpc) is 2.83. The zero-order chi connectivity index (χ0) is 12.4. The first-order chi connectivity index (χ1) is 8.09. The standard InChI is InChI=1S/C11H16N4O2/c1-6(2)8(7(3)16)11-14-10(15-17-11)9-12-4-5-13-9/h4-8,16H,1-3H3,(H,12,13). The van der Waals surface area contributed by atoms with Crippen LogP contribution < -0.4 is 0 Å². The van der Waals surface area contributed by atoms with Crippen LogP contribution in [0.1, 0.15) is 32.6 Å². The minimum atomic E-state index is -0.528. The number of hydrogen-bond acceptors (Lipinski definition) is 5. The molecule has 2 aromatic heterocycles. The number of nitrogens with one attached hydrogen (secondary N) is 1. The minimum absolute atomic E-state index is 0.161. The summed E-state index contributed by atoms with van der Waals surface area (Å²) in [5, 5.41) is 13.6. The summed E-state index contributed by atoms with van der Waals surface area (Å²) < 4.78 is 5.19. The van der Waals surface area contributed by atoms with Crippen molar-refractivity contribution in [2.75, 3.05) is 0 Å². The molecule has 0 bridgehead atoms. The number of aliphatic hydroxyl groups excluding tert-OH is 1. The molecule has 2 heterocycles. The molecule has 0 fully saturated rings. The number of H-pyrrole nitrogens is 1. The fourth-order valence-corrected chi connectivity index (χ4v) is 1.90. The lowest BCUT2D eigenvalue weighted by Gasteiger charge is -2.19. The zero-order valence-corrected chi connectivity index (χ0v) is 10.1. The van der Waals surface area contributed by atoms with Gasteiger partial charge in [0.2, 0.25) is 11.7 Å². The molecule has 0 aliphatic heterocycles. The van der Waals surface area contributed by atoms with Crippen LogP contribution in [0.3, 0.4) is 0 Å². The smallest absolute Gasteiger partial charge is 0.238 e. The van der Waals surface area contributed by atoms with Gasteiger partial charge in [-0.25, -0.2) is 4.98 Å². The highest BCUT2D eigenvalue weighted by molar-refractivity contribution is 5.40. The Morgan fingerprint density at radius 2 is 2.12 bits per heavy atom. The molecule has 0 aliphatic rings. The third kappa shape index (κ3) is 2.36. The Balaban J connectivity index is 2.28. The maximum Gasteiger partial charge on any atom is 0.238 e. The first-order valence-corrected chi connectivity index (χ1v) is 5.61. The molecule has 2 rings (SSSR count). The fourth-order valence-electron chi connectivity index (χ4n) is 1.90. The molecule has 2 aromatic rings. The largest absolute Gasteiger partial charge is 0.393 e. The van der Waals surface area contributed by atoms with Gasteiger partial charge in [0, 0.05) is 12.4 Å². The molecule has 0 aromatic carbocycles. The van der Waals surface area contributed by atoms with Crippen molar-refractivity contribution in [2.24, 2.45) is 5.92 Å². The highest BCUT2D eigenvalue weighted by atomic mass is 16.5. The first-order valence-electron chi connectivity index (χ1n) is 5.61. The highest BCUT2D eigenvalue weighted by Gasteiger charge is 2.27. The van der Waals surface area contributed by atoms with E-state index in [1.807, 2.05) is 13.8 Å². The lowest BCUT2D eigenvalue weighted by Crippen LogP contribution is -2.20. The monoisotopic (exact) mass is 236 g/mol. The summed E-state index contributed by atoms with van der Waals surface area (Å²) in [5.41, 5.74) is 0. The summed E-state index contributed by atoms with van der Waals surface area (Å²) in [6, 6.07) is 0. The quantitative estimate of drug-likeness (QED) is 0.841. The molecule has 2 N–H and O–H groups in total. The number of aliphatic hydroxyl groups is 1. The van der Waals surface area contributed by atoms with E-state index in [9.17, 15) is 5.11 Å². The summed E-state index contributed by atoms with van der Waals surface area (Å²) in [6.07, 6.45) is 2.79. The van der Waals surface area contributed by atoms with Gasteiger partial charge in [-0.05, 0) is 12.8 Å². The Bertz CT molecular complexity index is 454. The molecule has 2 unspecified atom stereocenters. The van der Waals surface area contributed by atoms with E-state index in [4.69, 9.17) is 4.52 Å². The van der Waals surface area contributed by atoms with Crippen LogP contribution >= 0.6 is 0 Å². The van der Waals surface area contributed by atoms with E-state index in [1.54, 1.807) is 19.3 Å². The van der Waals surface area contributed by atoms with E-state index < -0.39 is 6.10 Å². The van der Waals surface area contributed by atoms with Gasteiger partial charge in [-0.3, -0.25) is 0 Å². The maximum absolute atomic E-state index is 9.72. The van der Waals surface area contributed by atoms with Gasteiger partial charge in [-0.1, -0.05) is 19.0 Å². The van der Waals surface area contributed by atoms with E-state index in [2.05, 4.69) is 20.1 Å². The molecule has 0 saturated heterocycles. The lowest BCUT2D eigenvalue weighted by molar-refractivity contribution is 0.120. The highest BCUT2D eigenvalue weighted by Crippen LogP contribution is 2.27. The van der Waals surface area contributed by atoms with Crippen molar-refractivity contribution in [3.8, 4) is 11.6 Å². The summed E-state index contributed by atoms with van der Waals surface area (Å²) in [6.45, 7) is 5.74.